The maximum Gasteiger partial charge on any atom is 0.164 e. The second kappa shape index (κ2) is 12.8. The van der Waals surface area contributed by atoms with E-state index in [-0.39, 0.29) is 0 Å². The van der Waals surface area contributed by atoms with Crippen molar-refractivity contribution in [3.8, 4) is 51.0 Å². The molecule has 0 aliphatic heterocycles. The first kappa shape index (κ1) is 32.3. The second-order valence-electron chi connectivity index (χ2n) is 14.4. The van der Waals surface area contributed by atoms with E-state index in [1.165, 1.54) is 73.3 Å². The van der Waals surface area contributed by atoms with Crippen molar-refractivity contribution >= 4 is 84.8 Å². The summed E-state index contributed by atoms with van der Waals surface area (Å²) in [6.45, 7) is 0. The first-order valence-electron chi connectivity index (χ1n) is 19.0. The third-order valence-corrected chi connectivity index (χ3v) is 13.4. The molecule has 0 amide bonds. The van der Waals surface area contributed by atoms with Gasteiger partial charge in [0.1, 0.15) is 0 Å². The fraction of sp³-hybridized carbons (Fsp3) is 0. The first-order chi connectivity index (χ1) is 28.2. The highest BCUT2D eigenvalue weighted by Gasteiger charge is 2.19. The summed E-state index contributed by atoms with van der Waals surface area (Å²) in [5, 5.41) is 7.33. The van der Waals surface area contributed by atoms with Gasteiger partial charge in [0.15, 0.2) is 17.5 Å². The average molecular weight is 763 g/mol. The normalized spacial score (nSPS) is 11.9. The topological polar surface area (TPSA) is 43.6 Å². The predicted octanol–water partition coefficient (Wildman–Crippen LogP) is 14.4. The van der Waals surface area contributed by atoms with Crippen molar-refractivity contribution in [2.45, 2.75) is 0 Å². The zero-order valence-electron chi connectivity index (χ0n) is 30.4. The van der Waals surface area contributed by atoms with Crippen molar-refractivity contribution in [2.75, 3.05) is 0 Å². The molecule has 0 atom stereocenters. The van der Waals surface area contributed by atoms with Crippen LogP contribution < -0.4 is 0 Å². The van der Waals surface area contributed by atoms with E-state index in [9.17, 15) is 0 Å². The Morgan fingerprint density at radius 3 is 1.84 bits per heavy atom. The van der Waals surface area contributed by atoms with Gasteiger partial charge in [-0.25, -0.2) is 15.0 Å². The summed E-state index contributed by atoms with van der Waals surface area (Å²) in [4.78, 5) is 15.5. The largest absolute Gasteiger partial charge is 0.309 e. The van der Waals surface area contributed by atoms with E-state index in [0.29, 0.717) is 17.5 Å². The van der Waals surface area contributed by atoms with E-state index in [1.807, 2.05) is 29.5 Å². The summed E-state index contributed by atoms with van der Waals surface area (Å²) < 4.78 is 7.35. The fourth-order valence-corrected chi connectivity index (χ4v) is 10.8. The van der Waals surface area contributed by atoms with Crippen molar-refractivity contribution in [2.24, 2.45) is 0 Å². The van der Waals surface area contributed by atoms with Gasteiger partial charge in [0.05, 0.1) is 11.0 Å². The monoisotopic (exact) mass is 762 g/mol. The molecule has 57 heavy (non-hydrogen) atoms. The Morgan fingerprint density at radius 2 is 0.965 bits per heavy atom. The van der Waals surface area contributed by atoms with Gasteiger partial charge in [0.25, 0.3) is 0 Å². The molecule has 0 unspecified atom stereocenters. The SMILES string of the molecule is c1ccc(-c2nc(-c3ccc4sc5c(-c6ccc7c(c6)c6ccccc6n7-c6ccccc6)cccc5c4c3)nc(-c3cccc4sc5ccccc5c34)n2)cc1. The summed E-state index contributed by atoms with van der Waals surface area (Å²) in [6.07, 6.45) is 0. The Morgan fingerprint density at radius 1 is 0.351 bits per heavy atom. The smallest absolute Gasteiger partial charge is 0.164 e. The number of fused-ring (bicyclic) bond motifs is 9. The van der Waals surface area contributed by atoms with E-state index in [2.05, 4.69) is 168 Å². The van der Waals surface area contributed by atoms with E-state index in [0.717, 1.165) is 22.4 Å². The van der Waals surface area contributed by atoms with Crippen LogP contribution in [0.3, 0.4) is 0 Å². The number of rotatable bonds is 5. The van der Waals surface area contributed by atoms with Crippen LogP contribution in [-0.2, 0) is 0 Å². The Kier molecular flexibility index (Phi) is 7.24. The number of thiophene rings is 2. The molecule has 0 aliphatic carbocycles. The van der Waals surface area contributed by atoms with Gasteiger partial charge in [0, 0.05) is 73.5 Å². The lowest BCUT2D eigenvalue weighted by molar-refractivity contribution is 1.08. The van der Waals surface area contributed by atoms with Gasteiger partial charge in [-0.15, -0.1) is 22.7 Å². The minimum atomic E-state index is 0.660. The molecule has 0 saturated carbocycles. The molecule has 0 bridgehead atoms. The van der Waals surface area contributed by atoms with Crippen LogP contribution in [-0.4, -0.2) is 19.5 Å². The number of benzene rings is 8. The van der Waals surface area contributed by atoms with Crippen LogP contribution in [0.2, 0.25) is 0 Å². The maximum absolute atomic E-state index is 5.23. The summed E-state index contributed by atoms with van der Waals surface area (Å²) in [5.74, 6) is 2.00. The molecule has 4 heterocycles. The van der Waals surface area contributed by atoms with E-state index < -0.39 is 0 Å². The van der Waals surface area contributed by atoms with Crippen molar-refractivity contribution in [1.29, 1.82) is 0 Å². The molecular weight excluding hydrogens is 733 g/mol. The molecule has 4 nitrogen and oxygen atoms in total. The summed E-state index contributed by atoms with van der Waals surface area (Å²) >= 11 is 3.65. The zero-order chi connectivity index (χ0) is 37.5. The van der Waals surface area contributed by atoms with Crippen LogP contribution in [0, 0.1) is 0 Å². The van der Waals surface area contributed by atoms with Gasteiger partial charge >= 0.3 is 0 Å². The van der Waals surface area contributed by atoms with Gasteiger partial charge in [-0.1, -0.05) is 121 Å². The van der Waals surface area contributed by atoms with Crippen LogP contribution in [0.4, 0.5) is 0 Å². The highest BCUT2D eigenvalue weighted by atomic mass is 32.1. The van der Waals surface area contributed by atoms with Gasteiger partial charge in [0.2, 0.25) is 0 Å². The minimum absolute atomic E-state index is 0.660. The van der Waals surface area contributed by atoms with Gasteiger partial charge in [-0.05, 0) is 71.8 Å². The molecule has 8 aromatic carbocycles. The average Bonchev–Trinajstić information content (AvgIpc) is 3.96. The van der Waals surface area contributed by atoms with Crippen LogP contribution in [0.25, 0.3) is 113 Å². The first-order valence-corrected chi connectivity index (χ1v) is 20.7. The zero-order valence-corrected chi connectivity index (χ0v) is 32.1. The molecular formula is C51H30N4S2. The van der Waals surface area contributed by atoms with Gasteiger partial charge in [-0.3, -0.25) is 0 Å². The Balaban J connectivity index is 1.02. The number of hydrogen-bond acceptors (Lipinski definition) is 5. The minimum Gasteiger partial charge on any atom is -0.309 e. The van der Waals surface area contributed by atoms with Crippen LogP contribution in [0.1, 0.15) is 0 Å². The van der Waals surface area contributed by atoms with E-state index in [4.69, 9.17) is 15.0 Å². The molecule has 12 rings (SSSR count). The van der Waals surface area contributed by atoms with Crippen molar-refractivity contribution in [3.63, 3.8) is 0 Å². The lowest BCUT2D eigenvalue weighted by Gasteiger charge is -2.10. The third kappa shape index (κ3) is 5.15. The van der Waals surface area contributed by atoms with Crippen LogP contribution >= 0.6 is 22.7 Å². The highest BCUT2D eigenvalue weighted by Crippen LogP contribution is 2.44. The van der Waals surface area contributed by atoms with Crippen molar-refractivity contribution in [3.05, 3.63) is 182 Å². The van der Waals surface area contributed by atoms with Gasteiger partial charge < -0.3 is 4.57 Å². The van der Waals surface area contributed by atoms with Crippen LogP contribution in [0.15, 0.2) is 182 Å². The fourth-order valence-electron chi connectivity index (χ4n) is 8.46. The number of para-hydroxylation sites is 2. The van der Waals surface area contributed by atoms with Gasteiger partial charge in [-0.2, -0.15) is 0 Å². The molecule has 0 radical (unpaired) electrons. The number of hydrogen-bond donors (Lipinski definition) is 0. The molecule has 0 spiro atoms. The Hall–Kier alpha value is -6.99. The van der Waals surface area contributed by atoms with E-state index in [1.54, 1.807) is 11.3 Å². The summed E-state index contributed by atoms with van der Waals surface area (Å²) in [5.41, 5.74) is 8.96. The molecule has 0 saturated heterocycles. The lowest BCUT2D eigenvalue weighted by Crippen LogP contribution is -2.00. The molecule has 4 aromatic heterocycles. The van der Waals surface area contributed by atoms with Crippen molar-refractivity contribution in [1.82, 2.24) is 19.5 Å². The Bertz CT molecular complexity index is 3530. The number of nitrogens with zero attached hydrogens (tertiary/aromatic N) is 4. The molecule has 0 N–H and O–H groups in total. The number of aromatic nitrogens is 4. The molecule has 0 fully saturated rings. The lowest BCUT2D eigenvalue weighted by atomic mass is 10.00. The summed E-state index contributed by atoms with van der Waals surface area (Å²) in [6, 6.07) is 64.9. The van der Waals surface area contributed by atoms with Crippen LogP contribution in [0.5, 0.6) is 0 Å². The predicted molar refractivity (Wildman–Crippen MR) is 242 cm³/mol. The summed E-state index contributed by atoms with van der Waals surface area (Å²) in [7, 11) is 0. The van der Waals surface area contributed by atoms with Crippen molar-refractivity contribution < 1.29 is 0 Å². The molecule has 6 heteroatoms. The second-order valence-corrected chi connectivity index (χ2v) is 16.5. The third-order valence-electron chi connectivity index (χ3n) is 11.1. The highest BCUT2D eigenvalue weighted by molar-refractivity contribution is 7.26. The Labute approximate surface area is 335 Å². The molecule has 12 aromatic rings. The molecule has 0 aliphatic rings. The molecule has 266 valence electrons. The maximum atomic E-state index is 5.23. The van der Waals surface area contributed by atoms with E-state index >= 15 is 0 Å². The standard InChI is InChI=1S/C51H30N4S2/c1-3-13-31(14-4-1)49-52-50(54-51(53-49)39-21-12-24-46-47(39)38-18-8-10-23-44(38)56-46)33-26-28-45-41(30-33)37-20-11-19-35(48(37)57-45)32-25-27-43-40(29-32)36-17-7-9-22-42(36)55(43)34-15-5-2-6-16-34/h1-30H. The quantitative estimate of drug-likeness (QED) is 0.175.